The number of ether oxygens (including phenoxy) is 1. The third-order valence-electron chi connectivity index (χ3n) is 4.02. The first-order valence-corrected chi connectivity index (χ1v) is 10.0. The number of aryl methyl sites for hydroxylation is 1. The van der Waals surface area contributed by atoms with E-state index in [0.29, 0.717) is 12.5 Å². The molecule has 0 heterocycles. The predicted molar refractivity (Wildman–Crippen MR) is 120 cm³/mol. The number of guanidine groups is 1. The predicted octanol–water partition coefficient (Wildman–Crippen LogP) is 3.06. The fourth-order valence-electron chi connectivity index (χ4n) is 2.28. The van der Waals surface area contributed by atoms with Gasteiger partial charge in [-0.3, -0.25) is 4.99 Å². The van der Waals surface area contributed by atoms with Crippen molar-refractivity contribution in [3.8, 4) is 5.75 Å². The van der Waals surface area contributed by atoms with Gasteiger partial charge in [-0.15, -0.1) is 24.0 Å². The molecular weight excluding hydrogens is 465 g/mol. The van der Waals surface area contributed by atoms with E-state index in [1.165, 1.54) is 0 Å². The van der Waals surface area contributed by atoms with Crippen molar-refractivity contribution in [2.75, 3.05) is 26.5 Å². The smallest absolute Gasteiger partial charge is 0.191 e. The lowest BCUT2D eigenvalue weighted by atomic mass is 10.0. The molecule has 1 aromatic carbocycles. The molecule has 8 heteroatoms. The molecule has 1 rings (SSSR count). The van der Waals surface area contributed by atoms with Gasteiger partial charge in [0.1, 0.15) is 5.75 Å². The first-order chi connectivity index (χ1) is 11.5. The summed E-state index contributed by atoms with van der Waals surface area (Å²) in [7, 11) is 0.141. The van der Waals surface area contributed by atoms with Crippen LogP contribution in [-0.2, 0) is 9.84 Å². The maximum Gasteiger partial charge on any atom is 0.191 e. The first kappa shape index (κ1) is 25.0. The molecule has 0 saturated heterocycles. The van der Waals surface area contributed by atoms with Gasteiger partial charge in [-0.25, -0.2) is 8.42 Å². The second kappa shape index (κ2) is 10.3. The van der Waals surface area contributed by atoms with Crippen molar-refractivity contribution in [1.82, 2.24) is 10.6 Å². The Labute approximate surface area is 175 Å². The fourth-order valence-corrected chi connectivity index (χ4v) is 3.26. The Morgan fingerprint density at radius 1 is 1.31 bits per heavy atom. The number of halogens is 1. The summed E-state index contributed by atoms with van der Waals surface area (Å²) in [5.41, 5.74) is 2.16. The normalized spacial score (nSPS) is 13.6. The Hall–Kier alpha value is -1.03. The van der Waals surface area contributed by atoms with Gasteiger partial charge in [0.05, 0.1) is 23.7 Å². The minimum Gasteiger partial charge on any atom is -0.496 e. The molecule has 0 bridgehead atoms. The minimum absolute atomic E-state index is 0. The fraction of sp³-hybridized carbons (Fsp3) is 0.611. The van der Waals surface area contributed by atoms with Crippen LogP contribution in [0, 0.1) is 6.92 Å². The number of sulfone groups is 1. The number of hydrogen-bond donors (Lipinski definition) is 2. The molecular formula is C18H32IN3O3S. The van der Waals surface area contributed by atoms with Crippen molar-refractivity contribution in [2.45, 2.75) is 45.4 Å². The molecule has 0 aromatic heterocycles. The summed E-state index contributed by atoms with van der Waals surface area (Å²) in [5, 5.41) is 6.34. The highest BCUT2D eigenvalue weighted by Crippen LogP contribution is 2.25. The van der Waals surface area contributed by atoms with E-state index in [2.05, 4.69) is 21.7 Å². The molecule has 0 aliphatic carbocycles. The topological polar surface area (TPSA) is 79.8 Å². The quantitative estimate of drug-likeness (QED) is 0.359. The molecule has 0 aliphatic heterocycles. The van der Waals surface area contributed by atoms with E-state index in [1.54, 1.807) is 34.9 Å². The van der Waals surface area contributed by atoms with E-state index >= 15 is 0 Å². The molecule has 0 aliphatic rings. The molecule has 0 saturated carbocycles. The minimum atomic E-state index is -3.16. The monoisotopic (exact) mass is 497 g/mol. The van der Waals surface area contributed by atoms with E-state index in [9.17, 15) is 8.42 Å². The first-order valence-electron chi connectivity index (χ1n) is 8.36. The highest BCUT2D eigenvalue weighted by Gasteiger charge is 2.28. The lowest BCUT2D eigenvalue weighted by Gasteiger charge is -2.22. The van der Waals surface area contributed by atoms with Crippen LogP contribution in [0.2, 0.25) is 0 Å². The van der Waals surface area contributed by atoms with Crippen LogP contribution < -0.4 is 15.4 Å². The van der Waals surface area contributed by atoms with Crippen LogP contribution >= 0.6 is 24.0 Å². The summed E-state index contributed by atoms with van der Waals surface area (Å²) in [5.74, 6) is 1.41. The summed E-state index contributed by atoms with van der Waals surface area (Å²) in [6.45, 7) is 9.47. The van der Waals surface area contributed by atoms with Gasteiger partial charge < -0.3 is 15.4 Å². The van der Waals surface area contributed by atoms with Crippen molar-refractivity contribution in [3.05, 3.63) is 29.3 Å². The highest BCUT2D eigenvalue weighted by molar-refractivity contribution is 14.0. The highest BCUT2D eigenvalue weighted by atomic mass is 127. The number of methoxy groups -OCH3 is 1. The summed E-state index contributed by atoms with van der Waals surface area (Å²) >= 11 is 0. The van der Waals surface area contributed by atoms with Crippen molar-refractivity contribution in [2.24, 2.45) is 4.99 Å². The number of nitrogens with zero attached hydrogens (tertiary/aromatic N) is 1. The molecule has 0 radical (unpaired) electrons. The van der Waals surface area contributed by atoms with Gasteiger partial charge in [-0.2, -0.15) is 0 Å². The van der Waals surface area contributed by atoms with Crippen LogP contribution in [0.5, 0.6) is 5.75 Å². The molecule has 0 amide bonds. The zero-order valence-electron chi connectivity index (χ0n) is 16.7. The largest absolute Gasteiger partial charge is 0.496 e. The second-order valence-electron chi connectivity index (χ2n) is 7.04. The summed E-state index contributed by atoms with van der Waals surface area (Å²) < 4.78 is 29.0. The number of hydrogen-bond acceptors (Lipinski definition) is 4. The van der Waals surface area contributed by atoms with Gasteiger partial charge >= 0.3 is 0 Å². The standard InChI is InChI=1S/C18H31N3O3S.HI/c1-13-8-9-16(24-7)15(12-13)14(2)21-17(19-6)20-10-11-25(22,23)18(3,4)5;/h8-9,12,14H,10-11H2,1-7H3,(H2,19,20,21);1H. The van der Waals surface area contributed by atoms with Crippen molar-refractivity contribution >= 4 is 39.8 Å². The van der Waals surface area contributed by atoms with E-state index in [1.807, 2.05) is 26.0 Å². The Morgan fingerprint density at radius 2 is 1.92 bits per heavy atom. The van der Waals surface area contributed by atoms with Gasteiger partial charge in [0.25, 0.3) is 0 Å². The van der Waals surface area contributed by atoms with E-state index in [-0.39, 0.29) is 35.8 Å². The van der Waals surface area contributed by atoms with Gasteiger partial charge in [0, 0.05) is 19.2 Å². The number of nitrogens with one attached hydrogen (secondary N) is 2. The van der Waals surface area contributed by atoms with Crippen LogP contribution in [0.15, 0.2) is 23.2 Å². The maximum atomic E-state index is 12.2. The number of rotatable bonds is 6. The molecule has 26 heavy (non-hydrogen) atoms. The molecule has 1 aromatic rings. The van der Waals surface area contributed by atoms with Crippen LogP contribution in [0.25, 0.3) is 0 Å². The Morgan fingerprint density at radius 3 is 2.42 bits per heavy atom. The van der Waals surface area contributed by atoms with E-state index < -0.39 is 14.6 Å². The number of benzene rings is 1. The Kier molecular flexibility index (Phi) is 9.93. The molecule has 1 atom stereocenters. The Bertz CT molecular complexity index is 713. The molecule has 150 valence electrons. The second-order valence-corrected chi connectivity index (χ2v) is 9.90. The van der Waals surface area contributed by atoms with Gasteiger partial charge in [0.15, 0.2) is 15.8 Å². The van der Waals surface area contributed by atoms with Gasteiger partial charge in [-0.1, -0.05) is 17.7 Å². The lowest BCUT2D eigenvalue weighted by molar-refractivity contribution is 0.405. The van der Waals surface area contributed by atoms with Crippen LogP contribution in [0.3, 0.4) is 0 Å². The number of aliphatic imine (C=N–C) groups is 1. The van der Waals surface area contributed by atoms with E-state index in [0.717, 1.165) is 16.9 Å². The third-order valence-corrected chi connectivity index (χ3v) is 6.63. The zero-order valence-corrected chi connectivity index (χ0v) is 19.9. The molecule has 2 N–H and O–H groups in total. The summed E-state index contributed by atoms with van der Waals surface area (Å²) in [4.78, 5) is 4.17. The van der Waals surface area contributed by atoms with Crippen molar-refractivity contribution in [1.29, 1.82) is 0 Å². The zero-order chi connectivity index (χ0) is 19.3. The Balaban J connectivity index is 0.00000625. The van der Waals surface area contributed by atoms with Gasteiger partial charge in [0.2, 0.25) is 0 Å². The van der Waals surface area contributed by atoms with Crippen molar-refractivity contribution in [3.63, 3.8) is 0 Å². The van der Waals surface area contributed by atoms with Crippen LogP contribution in [0.4, 0.5) is 0 Å². The average molecular weight is 497 g/mol. The van der Waals surface area contributed by atoms with Gasteiger partial charge in [-0.05, 0) is 40.7 Å². The molecule has 0 spiro atoms. The molecule has 1 unspecified atom stereocenters. The van der Waals surface area contributed by atoms with Crippen molar-refractivity contribution < 1.29 is 13.2 Å². The van der Waals surface area contributed by atoms with Crippen LogP contribution in [-0.4, -0.2) is 45.6 Å². The third kappa shape index (κ3) is 6.94. The summed E-state index contributed by atoms with van der Waals surface area (Å²) in [6, 6.07) is 5.96. The SMILES string of the molecule is CN=C(NCCS(=O)(=O)C(C)(C)C)NC(C)c1cc(C)ccc1OC.I. The van der Waals surface area contributed by atoms with E-state index in [4.69, 9.17) is 4.74 Å². The maximum absolute atomic E-state index is 12.2. The average Bonchev–Trinajstić information content (AvgIpc) is 2.52. The molecule has 6 nitrogen and oxygen atoms in total. The molecule has 0 fully saturated rings. The summed E-state index contributed by atoms with van der Waals surface area (Å²) in [6.07, 6.45) is 0. The van der Waals surface area contributed by atoms with Crippen LogP contribution in [0.1, 0.15) is 44.9 Å². The lowest BCUT2D eigenvalue weighted by Crippen LogP contribution is -2.42.